The van der Waals surface area contributed by atoms with E-state index in [1.54, 1.807) is 30.3 Å². The first-order valence-electron chi connectivity index (χ1n) is 6.95. The van der Waals surface area contributed by atoms with Crippen molar-refractivity contribution in [3.05, 3.63) is 71.8 Å². The van der Waals surface area contributed by atoms with Crippen LogP contribution in [0, 0.1) is 11.3 Å². The second-order valence-electron chi connectivity index (χ2n) is 4.48. The van der Waals surface area contributed by atoms with E-state index < -0.39 is 5.91 Å². The van der Waals surface area contributed by atoms with Crippen molar-refractivity contribution in [1.29, 1.82) is 5.26 Å². The number of hydrazone groups is 1. The Bertz CT molecular complexity index is 746. The van der Waals surface area contributed by atoms with Crippen molar-refractivity contribution in [3.8, 4) is 11.8 Å². The van der Waals surface area contributed by atoms with Gasteiger partial charge >= 0.3 is 0 Å². The average Bonchev–Trinajstić information content (AvgIpc) is 2.60. The Hall–Kier alpha value is -3.39. The van der Waals surface area contributed by atoms with E-state index in [0.29, 0.717) is 11.3 Å². The van der Waals surface area contributed by atoms with E-state index in [4.69, 9.17) is 10.00 Å². The van der Waals surface area contributed by atoms with Gasteiger partial charge in [0.15, 0.2) is 6.61 Å². The van der Waals surface area contributed by atoms with Crippen molar-refractivity contribution in [2.45, 2.75) is 0 Å². The van der Waals surface area contributed by atoms with Crippen molar-refractivity contribution in [2.24, 2.45) is 5.10 Å². The van der Waals surface area contributed by atoms with Crippen LogP contribution >= 0.6 is 0 Å². The molecule has 0 aromatic heterocycles. The third kappa shape index (κ3) is 5.48. The predicted molar refractivity (Wildman–Crippen MR) is 88.8 cm³/mol. The fourth-order valence-corrected chi connectivity index (χ4v) is 1.73. The fourth-order valence-electron chi connectivity index (χ4n) is 1.73. The second-order valence-corrected chi connectivity index (χ2v) is 4.48. The second kappa shape index (κ2) is 8.80. The molecule has 0 fully saturated rings. The smallest absolute Gasteiger partial charge is 0.277 e. The van der Waals surface area contributed by atoms with Crippen molar-refractivity contribution < 1.29 is 9.53 Å². The number of hydrogen-bond donors (Lipinski definition) is 1. The van der Waals surface area contributed by atoms with Gasteiger partial charge in [-0.2, -0.15) is 10.4 Å². The summed E-state index contributed by atoms with van der Waals surface area (Å²) in [5, 5.41) is 12.7. The van der Waals surface area contributed by atoms with Crippen molar-refractivity contribution >= 4 is 18.2 Å². The molecule has 1 N–H and O–H groups in total. The first kappa shape index (κ1) is 16.0. The van der Waals surface area contributed by atoms with E-state index in [2.05, 4.69) is 10.5 Å². The molecule has 0 aliphatic heterocycles. The number of rotatable bonds is 6. The Morgan fingerprint density at radius 1 is 1.17 bits per heavy atom. The Morgan fingerprint density at radius 3 is 2.70 bits per heavy atom. The van der Waals surface area contributed by atoms with E-state index >= 15 is 0 Å². The molecular formula is C18H15N3O2. The van der Waals surface area contributed by atoms with Crippen molar-refractivity contribution in [1.82, 2.24) is 5.43 Å². The third-order valence-electron chi connectivity index (χ3n) is 2.80. The summed E-state index contributed by atoms with van der Waals surface area (Å²) < 4.78 is 5.29. The van der Waals surface area contributed by atoms with Crippen LogP contribution in [0.25, 0.3) is 6.08 Å². The minimum Gasteiger partial charge on any atom is -0.482 e. The topological polar surface area (TPSA) is 74.5 Å². The van der Waals surface area contributed by atoms with Gasteiger partial charge in [-0.15, -0.1) is 0 Å². The number of hydrogen-bond acceptors (Lipinski definition) is 4. The minimum absolute atomic E-state index is 0.210. The molecule has 0 radical (unpaired) electrons. The van der Waals surface area contributed by atoms with Gasteiger partial charge in [0.05, 0.1) is 5.56 Å². The molecule has 0 aliphatic rings. The maximum atomic E-state index is 11.6. The highest BCUT2D eigenvalue weighted by Gasteiger charge is 2.04. The van der Waals surface area contributed by atoms with E-state index in [0.717, 1.165) is 5.56 Å². The number of nitriles is 1. The van der Waals surface area contributed by atoms with E-state index in [1.807, 2.05) is 42.5 Å². The zero-order chi connectivity index (χ0) is 16.3. The molecule has 0 bridgehead atoms. The van der Waals surface area contributed by atoms with E-state index in [-0.39, 0.29) is 6.61 Å². The van der Waals surface area contributed by atoms with Crippen LogP contribution in [0.3, 0.4) is 0 Å². The van der Waals surface area contributed by atoms with Crippen LogP contribution < -0.4 is 10.2 Å². The summed E-state index contributed by atoms with van der Waals surface area (Å²) in [7, 11) is 0. The first-order chi connectivity index (χ1) is 11.3. The van der Waals surface area contributed by atoms with Gasteiger partial charge in [-0.05, 0) is 23.8 Å². The molecule has 0 spiro atoms. The maximum Gasteiger partial charge on any atom is 0.277 e. The van der Waals surface area contributed by atoms with Gasteiger partial charge in [0.1, 0.15) is 11.8 Å². The highest BCUT2D eigenvalue weighted by Crippen LogP contribution is 2.15. The highest BCUT2D eigenvalue weighted by molar-refractivity contribution is 5.82. The van der Waals surface area contributed by atoms with Crippen LogP contribution in [0.15, 0.2) is 65.8 Å². The molecule has 5 heteroatoms. The Labute approximate surface area is 134 Å². The van der Waals surface area contributed by atoms with Crippen LogP contribution in [0.4, 0.5) is 0 Å². The normalized spacial score (nSPS) is 10.6. The summed E-state index contributed by atoms with van der Waals surface area (Å²) in [6.45, 7) is -0.210. The fraction of sp³-hybridized carbons (Fsp3) is 0.0556. The lowest BCUT2D eigenvalue weighted by atomic mass is 10.2. The van der Waals surface area contributed by atoms with Gasteiger partial charge in [-0.25, -0.2) is 5.43 Å². The monoisotopic (exact) mass is 305 g/mol. The van der Waals surface area contributed by atoms with E-state index in [1.165, 1.54) is 6.21 Å². The molecule has 0 atom stereocenters. The Balaban J connectivity index is 1.76. The van der Waals surface area contributed by atoms with Crippen LogP contribution in [-0.2, 0) is 4.79 Å². The number of carbonyl (C=O) groups is 1. The average molecular weight is 305 g/mol. The van der Waals surface area contributed by atoms with Gasteiger partial charge in [0.2, 0.25) is 0 Å². The molecule has 114 valence electrons. The molecule has 2 rings (SSSR count). The van der Waals surface area contributed by atoms with E-state index in [9.17, 15) is 4.79 Å². The third-order valence-corrected chi connectivity index (χ3v) is 2.80. The summed E-state index contributed by atoms with van der Waals surface area (Å²) in [5.74, 6) is -0.0276. The van der Waals surface area contributed by atoms with Crippen LogP contribution in [0.5, 0.6) is 5.75 Å². The number of ether oxygens (including phenoxy) is 1. The molecule has 5 nitrogen and oxygen atoms in total. The summed E-state index contributed by atoms with van der Waals surface area (Å²) in [4.78, 5) is 11.6. The van der Waals surface area contributed by atoms with Crippen LogP contribution in [-0.4, -0.2) is 18.7 Å². The standard InChI is InChI=1S/C18H15N3O2/c19-13-16-10-4-5-11-17(16)23-14-18(22)21-20-12-6-9-15-7-2-1-3-8-15/h1-12H,14H2,(H,21,22)/b9-6+,20-12-. The molecule has 0 unspecified atom stereocenters. The number of para-hydroxylation sites is 1. The number of nitrogens with zero attached hydrogens (tertiary/aromatic N) is 2. The number of amides is 1. The quantitative estimate of drug-likeness (QED) is 0.658. The van der Waals surface area contributed by atoms with Crippen molar-refractivity contribution in [3.63, 3.8) is 0 Å². The summed E-state index contributed by atoms with van der Waals surface area (Å²) in [5.41, 5.74) is 3.78. The lowest BCUT2D eigenvalue weighted by Gasteiger charge is -2.05. The molecule has 0 heterocycles. The SMILES string of the molecule is N#Cc1ccccc1OCC(=O)N/N=C\C=C\c1ccccc1. The predicted octanol–water partition coefficient (Wildman–Crippen LogP) is 2.75. The number of nitrogens with one attached hydrogen (secondary N) is 1. The van der Waals surface area contributed by atoms with Gasteiger partial charge in [-0.3, -0.25) is 4.79 Å². The Morgan fingerprint density at radius 2 is 1.91 bits per heavy atom. The zero-order valence-corrected chi connectivity index (χ0v) is 12.3. The molecule has 0 saturated heterocycles. The lowest BCUT2D eigenvalue weighted by molar-refractivity contribution is -0.123. The molecule has 23 heavy (non-hydrogen) atoms. The van der Waals surface area contributed by atoms with Crippen LogP contribution in [0.2, 0.25) is 0 Å². The molecule has 1 amide bonds. The first-order valence-corrected chi connectivity index (χ1v) is 6.95. The number of benzene rings is 2. The van der Waals surface area contributed by atoms with Gasteiger partial charge in [0, 0.05) is 6.21 Å². The molecule has 2 aromatic rings. The Kier molecular flexibility index (Phi) is 6.12. The summed E-state index contributed by atoms with van der Waals surface area (Å²) in [6, 6.07) is 18.5. The minimum atomic E-state index is -0.401. The van der Waals surface area contributed by atoms with Gasteiger partial charge < -0.3 is 4.74 Å². The summed E-state index contributed by atoms with van der Waals surface area (Å²) in [6.07, 6.45) is 5.07. The maximum absolute atomic E-state index is 11.6. The van der Waals surface area contributed by atoms with Gasteiger partial charge in [-0.1, -0.05) is 48.5 Å². The van der Waals surface area contributed by atoms with Crippen LogP contribution in [0.1, 0.15) is 11.1 Å². The largest absolute Gasteiger partial charge is 0.482 e. The number of carbonyl (C=O) groups excluding carboxylic acids is 1. The molecule has 2 aromatic carbocycles. The molecule has 0 aliphatic carbocycles. The van der Waals surface area contributed by atoms with Crippen molar-refractivity contribution in [2.75, 3.05) is 6.61 Å². The molecule has 0 saturated carbocycles. The number of allylic oxidation sites excluding steroid dienone is 1. The molecular weight excluding hydrogens is 290 g/mol. The summed E-state index contributed by atoms with van der Waals surface area (Å²) >= 11 is 0. The lowest BCUT2D eigenvalue weighted by Crippen LogP contribution is -2.24. The van der Waals surface area contributed by atoms with Gasteiger partial charge in [0.25, 0.3) is 5.91 Å². The zero-order valence-electron chi connectivity index (χ0n) is 12.3. The highest BCUT2D eigenvalue weighted by atomic mass is 16.5.